The quantitative estimate of drug-likeness (QED) is 0.761. The minimum atomic E-state index is -0.485. The molecule has 2 aliphatic heterocycles. The molecular weight excluding hydrogens is 320 g/mol. The topological polar surface area (TPSA) is 87.9 Å². The summed E-state index contributed by atoms with van der Waals surface area (Å²) in [6, 6.07) is 3.90. The molecule has 0 radical (unpaired) electrons. The van der Waals surface area contributed by atoms with Gasteiger partial charge < -0.3 is 25.6 Å². The number of fused-ring (bicyclic) bond motifs is 1. The standard InChI is InChI=1S/C18H26N4O3/c1-18(2,3)25-17(24)22-8-6-21(7-9-22)15-10-12-4-5-16(23)20-14(12)11-13(15)19/h10-11H,4-9,19H2,1-3H3,(H,20,23). The Bertz CT molecular complexity index is 688. The summed E-state index contributed by atoms with van der Waals surface area (Å²) in [7, 11) is 0. The average Bonchev–Trinajstić information content (AvgIpc) is 2.52. The minimum absolute atomic E-state index is 0.0330. The summed E-state index contributed by atoms with van der Waals surface area (Å²) in [5.74, 6) is 0.0330. The van der Waals surface area contributed by atoms with Gasteiger partial charge in [-0.3, -0.25) is 4.79 Å². The third kappa shape index (κ3) is 3.97. The molecule has 1 fully saturated rings. The number of hydrogen-bond acceptors (Lipinski definition) is 5. The van der Waals surface area contributed by atoms with Gasteiger partial charge in [0, 0.05) is 38.3 Å². The zero-order chi connectivity index (χ0) is 18.2. The summed E-state index contributed by atoms with van der Waals surface area (Å²) < 4.78 is 5.43. The number of nitrogen functional groups attached to an aromatic ring is 1. The lowest BCUT2D eigenvalue weighted by molar-refractivity contribution is -0.116. The van der Waals surface area contributed by atoms with E-state index in [2.05, 4.69) is 16.3 Å². The largest absolute Gasteiger partial charge is 0.444 e. The Kier molecular flexibility index (Phi) is 4.49. The fourth-order valence-corrected chi connectivity index (χ4v) is 3.16. The number of nitrogens with two attached hydrogens (primary N) is 1. The monoisotopic (exact) mass is 346 g/mol. The van der Waals surface area contributed by atoms with Gasteiger partial charge in [0.1, 0.15) is 5.60 Å². The molecule has 7 heteroatoms. The molecule has 1 aromatic carbocycles. The number of anilines is 3. The molecule has 2 amide bonds. The number of rotatable bonds is 1. The number of hydrogen-bond donors (Lipinski definition) is 2. The fourth-order valence-electron chi connectivity index (χ4n) is 3.16. The van der Waals surface area contributed by atoms with Crippen LogP contribution in [0.3, 0.4) is 0 Å². The number of carbonyl (C=O) groups excluding carboxylic acids is 2. The van der Waals surface area contributed by atoms with E-state index in [1.54, 1.807) is 4.90 Å². The lowest BCUT2D eigenvalue weighted by Gasteiger charge is -2.37. The van der Waals surface area contributed by atoms with Gasteiger partial charge in [-0.2, -0.15) is 0 Å². The number of piperazine rings is 1. The van der Waals surface area contributed by atoms with Crippen molar-refractivity contribution >= 4 is 29.1 Å². The lowest BCUT2D eigenvalue weighted by Crippen LogP contribution is -2.50. The second-order valence-corrected chi connectivity index (χ2v) is 7.57. The van der Waals surface area contributed by atoms with Gasteiger partial charge >= 0.3 is 6.09 Å². The molecule has 0 aromatic heterocycles. The molecule has 7 nitrogen and oxygen atoms in total. The Morgan fingerprint density at radius 3 is 2.48 bits per heavy atom. The van der Waals surface area contributed by atoms with Crippen LogP contribution in [0.1, 0.15) is 32.8 Å². The first kappa shape index (κ1) is 17.4. The van der Waals surface area contributed by atoms with E-state index in [-0.39, 0.29) is 12.0 Å². The van der Waals surface area contributed by atoms with Gasteiger partial charge in [-0.15, -0.1) is 0 Å². The molecular formula is C18H26N4O3. The van der Waals surface area contributed by atoms with Crippen molar-refractivity contribution in [1.82, 2.24) is 4.90 Å². The number of nitrogens with one attached hydrogen (secondary N) is 1. The molecule has 3 N–H and O–H groups in total. The van der Waals surface area contributed by atoms with Gasteiger partial charge in [0.15, 0.2) is 0 Å². The number of carbonyl (C=O) groups is 2. The summed E-state index contributed by atoms with van der Waals surface area (Å²) in [4.78, 5) is 27.6. The van der Waals surface area contributed by atoms with Crippen molar-refractivity contribution in [1.29, 1.82) is 0 Å². The van der Waals surface area contributed by atoms with Gasteiger partial charge in [-0.1, -0.05) is 0 Å². The van der Waals surface area contributed by atoms with Crippen molar-refractivity contribution < 1.29 is 14.3 Å². The summed E-state index contributed by atoms with van der Waals surface area (Å²) in [5.41, 5.74) is 9.25. The number of nitrogens with zero attached hydrogens (tertiary/aromatic N) is 2. The molecule has 0 spiro atoms. The zero-order valence-electron chi connectivity index (χ0n) is 15.1. The Morgan fingerprint density at radius 1 is 1.16 bits per heavy atom. The van der Waals surface area contributed by atoms with E-state index in [0.717, 1.165) is 23.4 Å². The molecule has 0 unspecified atom stereocenters. The van der Waals surface area contributed by atoms with E-state index in [1.165, 1.54) is 0 Å². The molecule has 2 aliphatic rings. The Morgan fingerprint density at radius 2 is 1.84 bits per heavy atom. The molecule has 136 valence electrons. The zero-order valence-corrected chi connectivity index (χ0v) is 15.1. The maximum absolute atomic E-state index is 12.2. The van der Waals surface area contributed by atoms with Crippen molar-refractivity contribution in [3.63, 3.8) is 0 Å². The second kappa shape index (κ2) is 6.46. The molecule has 3 rings (SSSR count). The van der Waals surface area contributed by atoms with E-state index in [9.17, 15) is 9.59 Å². The van der Waals surface area contributed by atoms with E-state index >= 15 is 0 Å². The molecule has 0 saturated carbocycles. The van der Waals surface area contributed by atoms with Crippen LogP contribution in [0.2, 0.25) is 0 Å². The molecule has 0 atom stereocenters. The highest BCUT2D eigenvalue weighted by atomic mass is 16.6. The van der Waals surface area contributed by atoms with Gasteiger partial charge in [0.05, 0.1) is 11.4 Å². The van der Waals surface area contributed by atoms with Crippen LogP contribution in [0.25, 0.3) is 0 Å². The third-order valence-corrected chi connectivity index (χ3v) is 4.42. The highest BCUT2D eigenvalue weighted by Gasteiger charge is 2.27. The van der Waals surface area contributed by atoms with Crippen LogP contribution in [-0.4, -0.2) is 48.7 Å². The van der Waals surface area contributed by atoms with Crippen molar-refractivity contribution in [3.8, 4) is 0 Å². The Balaban J connectivity index is 1.67. The van der Waals surface area contributed by atoms with Crippen molar-refractivity contribution in [2.24, 2.45) is 0 Å². The smallest absolute Gasteiger partial charge is 0.410 e. The van der Waals surface area contributed by atoms with Crippen LogP contribution in [0, 0.1) is 0 Å². The lowest BCUT2D eigenvalue weighted by atomic mass is 10.0. The summed E-state index contributed by atoms with van der Waals surface area (Å²) in [5, 5.41) is 2.87. The van der Waals surface area contributed by atoms with E-state index in [0.29, 0.717) is 38.3 Å². The maximum Gasteiger partial charge on any atom is 0.410 e. The van der Waals surface area contributed by atoms with Gasteiger partial charge in [-0.25, -0.2) is 4.79 Å². The Labute approximate surface area is 148 Å². The first-order valence-electron chi connectivity index (χ1n) is 8.68. The van der Waals surface area contributed by atoms with Crippen LogP contribution in [-0.2, 0) is 16.0 Å². The Hall–Kier alpha value is -2.44. The number of ether oxygens (including phenoxy) is 1. The van der Waals surface area contributed by atoms with Gasteiger partial charge in [0.25, 0.3) is 0 Å². The first-order valence-corrected chi connectivity index (χ1v) is 8.68. The maximum atomic E-state index is 12.2. The summed E-state index contributed by atoms with van der Waals surface area (Å²) >= 11 is 0. The van der Waals surface area contributed by atoms with Crippen molar-refractivity contribution in [2.45, 2.75) is 39.2 Å². The highest BCUT2D eigenvalue weighted by molar-refractivity contribution is 5.95. The molecule has 0 aliphatic carbocycles. The summed E-state index contributed by atoms with van der Waals surface area (Å²) in [6.45, 7) is 8.21. The predicted molar refractivity (Wildman–Crippen MR) is 97.8 cm³/mol. The van der Waals surface area contributed by atoms with Crippen molar-refractivity contribution in [3.05, 3.63) is 17.7 Å². The van der Waals surface area contributed by atoms with Crippen LogP contribution >= 0.6 is 0 Å². The van der Waals surface area contributed by atoms with Crippen LogP contribution in [0.5, 0.6) is 0 Å². The normalized spacial score (nSPS) is 17.8. The summed E-state index contributed by atoms with van der Waals surface area (Å²) in [6.07, 6.45) is 0.961. The van der Waals surface area contributed by atoms with E-state index in [4.69, 9.17) is 10.5 Å². The number of aryl methyl sites for hydroxylation is 1. The molecule has 25 heavy (non-hydrogen) atoms. The average molecular weight is 346 g/mol. The van der Waals surface area contributed by atoms with E-state index in [1.807, 2.05) is 26.8 Å². The van der Waals surface area contributed by atoms with Gasteiger partial charge in [-0.05, 0) is 44.9 Å². The molecule has 2 heterocycles. The first-order chi connectivity index (χ1) is 11.7. The SMILES string of the molecule is CC(C)(C)OC(=O)N1CCN(c2cc3c(cc2N)NC(=O)CC3)CC1. The number of benzene rings is 1. The van der Waals surface area contributed by atoms with Crippen molar-refractivity contribution in [2.75, 3.05) is 42.1 Å². The molecule has 1 aromatic rings. The number of amides is 2. The predicted octanol–water partition coefficient (Wildman–Crippen LogP) is 2.21. The highest BCUT2D eigenvalue weighted by Crippen LogP contribution is 2.33. The molecule has 0 bridgehead atoms. The van der Waals surface area contributed by atoms with E-state index < -0.39 is 5.60 Å². The minimum Gasteiger partial charge on any atom is -0.444 e. The molecule has 1 saturated heterocycles. The van der Waals surface area contributed by atoms with Crippen LogP contribution in [0.4, 0.5) is 21.9 Å². The third-order valence-electron chi connectivity index (χ3n) is 4.42. The van der Waals surface area contributed by atoms with Crippen LogP contribution in [0.15, 0.2) is 12.1 Å². The van der Waals surface area contributed by atoms with Crippen LogP contribution < -0.4 is 16.0 Å². The second-order valence-electron chi connectivity index (χ2n) is 7.57. The fraction of sp³-hybridized carbons (Fsp3) is 0.556. The van der Waals surface area contributed by atoms with Gasteiger partial charge in [0.2, 0.25) is 5.91 Å².